The van der Waals surface area contributed by atoms with E-state index >= 15 is 0 Å². The largest absolute Gasteiger partial charge is 0.365 e. The highest BCUT2D eigenvalue weighted by Gasteiger charge is 2.28. The lowest BCUT2D eigenvalue weighted by atomic mass is 9.84. The van der Waals surface area contributed by atoms with Gasteiger partial charge < -0.3 is 4.74 Å². The van der Waals surface area contributed by atoms with Gasteiger partial charge in [0.25, 0.3) is 0 Å². The Labute approximate surface area is 87.7 Å². The zero-order valence-corrected chi connectivity index (χ0v) is 10.1. The maximum Gasteiger partial charge on any atom is 0.101 e. The van der Waals surface area contributed by atoms with Gasteiger partial charge in [0.2, 0.25) is 0 Å². The average molecular weight is 202 g/mol. The molecule has 1 saturated heterocycles. The van der Waals surface area contributed by atoms with Crippen LogP contribution in [-0.2, 0) is 4.74 Å². The lowest BCUT2D eigenvalue weighted by Crippen LogP contribution is -2.31. The molecule has 0 amide bonds. The molecule has 0 aromatic rings. The van der Waals surface area contributed by atoms with E-state index in [9.17, 15) is 0 Å². The van der Waals surface area contributed by atoms with Crippen molar-refractivity contribution in [3.8, 4) is 0 Å². The number of rotatable bonds is 1. The Morgan fingerprint density at radius 2 is 1.92 bits per heavy atom. The predicted octanol–water partition coefficient (Wildman–Crippen LogP) is 3.49. The first-order valence-corrected chi connectivity index (χ1v) is 5.72. The van der Waals surface area contributed by atoms with Gasteiger partial charge in [0, 0.05) is 0 Å². The van der Waals surface area contributed by atoms with Crippen molar-refractivity contribution in [3.63, 3.8) is 0 Å². The van der Waals surface area contributed by atoms with Gasteiger partial charge in [-0.1, -0.05) is 27.7 Å². The van der Waals surface area contributed by atoms with Gasteiger partial charge in [0.1, 0.15) is 5.44 Å². The van der Waals surface area contributed by atoms with Gasteiger partial charge in [-0.05, 0) is 30.6 Å². The van der Waals surface area contributed by atoms with Crippen molar-refractivity contribution in [3.05, 3.63) is 0 Å². The topological polar surface area (TPSA) is 9.23 Å². The molecular formula is C11H22OS. The molecule has 2 heteroatoms. The summed E-state index contributed by atoms with van der Waals surface area (Å²) in [5, 5.41) is 0. The van der Waals surface area contributed by atoms with E-state index in [1.165, 1.54) is 6.42 Å². The van der Waals surface area contributed by atoms with Crippen LogP contribution in [0, 0.1) is 11.3 Å². The van der Waals surface area contributed by atoms with Gasteiger partial charge in [0.05, 0.1) is 6.10 Å². The Hall–Kier alpha value is 0.310. The highest BCUT2D eigenvalue weighted by molar-refractivity contribution is 7.80. The Morgan fingerprint density at radius 1 is 1.31 bits per heavy atom. The number of hydrogen-bond acceptors (Lipinski definition) is 2. The standard InChI is InChI=1S/C11H22OS/c1-8-5-9(7-11(2,3)4)12-10(13)6-8/h8-10,13H,5-7H2,1-4H3. The van der Waals surface area contributed by atoms with Gasteiger partial charge in [-0.2, -0.15) is 0 Å². The van der Waals surface area contributed by atoms with Crippen LogP contribution in [0.2, 0.25) is 0 Å². The van der Waals surface area contributed by atoms with Crippen molar-refractivity contribution in [2.45, 2.75) is 58.5 Å². The van der Waals surface area contributed by atoms with Crippen LogP contribution < -0.4 is 0 Å². The van der Waals surface area contributed by atoms with Crippen LogP contribution in [0.1, 0.15) is 47.0 Å². The van der Waals surface area contributed by atoms with Crippen molar-refractivity contribution in [1.82, 2.24) is 0 Å². The highest BCUT2D eigenvalue weighted by atomic mass is 32.1. The van der Waals surface area contributed by atoms with Gasteiger partial charge in [0.15, 0.2) is 0 Å². The third-order valence-corrected chi connectivity index (χ3v) is 2.79. The van der Waals surface area contributed by atoms with E-state index in [2.05, 4.69) is 40.3 Å². The summed E-state index contributed by atoms with van der Waals surface area (Å²) in [5.74, 6) is 0.767. The minimum Gasteiger partial charge on any atom is -0.365 e. The summed E-state index contributed by atoms with van der Waals surface area (Å²) in [6, 6.07) is 0. The van der Waals surface area contributed by atoms with Crippen LogP contribution >= 0.6 is 12.6 Å². The first-order valence-electron chi connectivity index (χ1n) is 5.20. The molecule has 1 heterocycles. The van der Waals surface area contributed by atoms with Crippen LogP contribution in [0.15, 0.2) is 0 Å². The molecule has 3 atom stereocenters. The van der Waals surface area contributed by atoms with Crippen LogP contribution in [0.4, 0.5) is 0 Å². The summed E-state index contributed by atoms with van der Waals surface area (Å²) in [4.78, 5) is 0. The molecule has 0 radical (unpaired) electrons. The lowest BCUT2D eigenvalue weighted by molar-refractivity contribution is -0.0416. The van der Waals surface area contributed by atoms with E-state index in [0.717, 1.165) is 18.8 Å². The smallest absolute Gasteiger partial charge is 0.101 e. The number of thiol groups is 1. The van der Waals surface area contributed by atoms with Gasteiger partial charge >= 0.3 is 0 Å². The summed E-state index contributed by atoms with van der Waals surface area (Å²) >= 11 is 4.41. The summed E-state index contributed by atoms with van der Waals surface area (Å²) in [6.07, 6.45) is 3.87. The molecule has 0 aromatic heterocycles. The van der Waals surface area contributed by atoms with Crippen molar-refractivity contribution < 1.29 is 4.74 Å². The van der Waals surface area contributed by atoms with Crippen molar-refractivity contribution in [2.75, 3.05) is 0 Å². The predicted molar refractivity (Wildman–Crippen MR) is 60.1 cm³/mol. The van der Waals surface area contributed by atoms with Crippen LogP contribution in [0.25, 0.3) is 0 Å². The molecule has 78 valence electrons. The quantitative estimate of drug-likeness (QED) is 0.640. The Balaban J connectivity index is 2.42. The fraction of sp³-hybridized carbons (Fsp3) is 1.00. The normalized spacial score (nSPS) is 36.2. The molecule has 1 nitrogen and oxygen atoms in total. The molecule has 13 heavy (non-hydrogen) atoms. The molecule has 0 bridgehead atoms. The zero-order valence-electron chi connectivity index (χ0n) is 9.21. The second-order valence-corrected chi connectivity index (χ2v) is 6.13. The monoisotopic (exact) mass is 202 g/mol. The minimum absolute atomic E-state index is 0.163. The van der Waals surface area contributed by atoms with Crippen molar-refractivity contribution in [1.29, 1.82) is 0 Å². The average Bonchev–Trinajstić information content (AvgIpc) is 1.78. The van der Waals surface area contributed by atoms with Crippen molar-refractivity contribution in [2.24, 2.45) is 11.3 Å². The van der Waals surface area contributed by atoms with Gasteiger partial charge in [-0.25, -0.2) is 0 Å². The molecule has 0 aromatic carbocycles. The van der Waals surface area contributed by atoms with Crippen LogP contribution in [0.3, 0.4) is 0 Å². The summed E-state index contributed by atoms with van der Waals surface area (Å²) in [7, 11) is 0. The van der Waals surface area contributed by atoms with Crippen LogP contribution in [-0.4, -0.2) is 11.5 Å². The maximum absolute atomic E-state index is 5.80. The van der Waals surface area contributed by atoms with E-state index < -0.39 is 0 Å². The lowest BCUT2D eigenvalue weighted by Gasteiger charge is -2.35. The molecule has 1 fully saturated rings. The van der Waals surface area contributed by atoms with E-state index in [1.54, 1.807) is 0 Å². The van der Waals surface area contributed by atoms with E-state index in [1.807, 2.05) is 0 Å². The molecule has 1 aliphatic rings. The maximum atomic E-state index is 5.80. The highest BCUT2D eigenvalue weighted by Crippen LogP contribution is 2.33. The fourth-order valence-corrected chi connectivity index (χ4v) is 2.57. The molecule has 0 saturated carbocycles. The number of ether oxygens (including phenoxy) is 1. The summed E-state index contributed by atoms with van der Waals surface area (Å²) in [5.41, 5.74) is 0.533. The molecular weight excluding hydrogens is 180 g/mol. The SMILES string of the molecule is CC1CC(S)OC(CC(C)(C)C)C1. The van der Waals surface area contributed by atoms with Crippen LogP contribution in [0.5, 0.6) is 0 Å². The second kappa shape index (κ2) is 4.22. The van der Waals surface area contributed by atoms with E-state index in [0.29, 0.717) is 11.5 Å². The van der Waals surface area contributed by atoms with Gasteiger partial charge in [-0.15, -0.1) is 12.6 Å². The third-order valence-electron chi connectivity index (χ3n) is 2.46. The first kappa shape index (κ1) is 11.4. The molecule has 1 aliphatic heterocycles. The van der Waals surface area contributed by atoms with Gasteiger partial charge in [-0.3, -0.25) is 0 Å². The molecule has 0 aliphatic carbocycles. The first-order chi connectivity index (χ1) is 5.87. The van der Waals surface area contributed by atoms with E-state index in [4.69, 9.17) is 4.74 Å². The summed E-state index contributed by atoms with van der Waals surface area (Å²) < 4.78 is 5.80. The molecule has 1 rings (SSSR count). The third kappa shape index (κ3) is 4.37. The number of hydrogen-bond donors (Lipinski definition) is 1. The minimum atomic E-state index is 0.163. The van der Waals surface area contributed by atoms with E-state index in [-0.39, 0.29) is 5.44 Å². The molecule has 0 spiro atoms. The summed E-state index contributed by atoms with van der Waals surface area (Å²) in [6.45, 7) is 9.09. The van der Waals surface area contributed by atoms with Crippen molar-refractivity contribution >= 4 is 12.6 Å². The Bertz CT molecular complexity index is 152. The second-order valence-electron chi connectivity index (χ2n) is 5.55. The zero-order chi connectivity index (χ0) is 10.1. The molecule has 0 N–H and O–H groups in total. The fourth-order valence-electron chi connectivity index (χ4n) is 2.04. The Kier molecular flexibility index (Phi) is 3.70. The molecule has 3 unspecified atom stereocenters. The Morgan fingerprint density at radius 3 is 2.38 bits per heavy atom.